The summed E-state index contributed by atoms with van der Waals surface area (Å²) in [5.41, 5.74) is 7.89. The zero-order valence-corrected chi connectivity index (χ0v) is 10.0. The highest BCUT2D eigenvalue weighted by Gasteiger charge is 2.01. The first-order valence-electron chi connectivity index (χ1n) is 5.82. The molecule has 0 radical (unpaired) electrons. The van der Waals surface area contributed by atoms with Crippen molar-refractivity contribution in [3.8, 4) is 11.5 Å². The Balaban J connectivity index is 2.18. The van der Waals surface area contributed by atoms with Gasteiger partial charge in [-0.25, -0.2) is 0 Å². The summed E-state index contributed by atoms with van der Waals surface area (Å²) >= 11 is 0. The van der Waals surface area contributed by atoms with Crippen LogP contribution in [-0.4, -0.2) is 6.54 Å². The predicted octanol–water partition coefficient (Wildman–Crippen LogP) is 3.29. The number of hydrogen-bond donors (Lipinski definition) is 1. The van der Waals surface area contributed by atoms with Crippen LogP contribution in [0.25, 0.3) is 0 Å². The van der Waals surface area contributed by atoms with E-state index in [1.54, 1.807) is 0 Å². The van der Waals surface area contributed by atoms with Crippen molar-refractivity contribution in [2.75, 3.05) is 6.54 Å². The van der Waals surface area contributed by atoms with E-state index in [1.165, 1.54) is 5.56 Å². The van der Waals surface area contributed by atoms with Gasteiger partial charge < -0.3 is 10.5 Å². The molecule has 2 heteroatoms. The van der Waals surface area contributed by atoms with Gasteiger partial charge in [0.1, 0.15) is 11.5 Å². The number of hydrogen-bond acceptors (Lipinski definition) is 2. The minimum absolute atomic E-state index is 0.661. The molecule has 0 atom stereocenters. The Bertz CT molecular complexity index is 494. The van der Waals surface area contributed by atoms with Gasteiger partial charge in [0.15, 0.2) is 0 Å². The fourth-order valence-electron chi connectivity index (χ4n) is 1.73. The Kier molecular flexibility index (Phi) is 3.78. The zero-order chi connectivity index (χ0) is 12.1. The Morgan fingerprint density at radius 2 is 1.88 bits per heavy atom. The van der Waals surface area contributed by atoms with Crippen LogP contribution in [0, 0.1) is 6.92 Å². The maximum atomic E-state index is 5.86. The van der Waals surface area contributed by atoms with Crippen molar-refractivity contribution in [2.24, 2.45) is 5.73 Å². The molecule has 0 saturated carbocycles. The van der Waals surface area contributed by atoms with Crippen molar-refractivity contribution in [1.29, 1.82) is 0 Å². The third-order valence-electron chi connectivity index (χ3n) is 2.65. The molecule has 0 aliphatic rings. The van der Waals surface area contributed by atoms with E-state index in [4.69, 9.17) is 10.5 Å². The smallest absolute Gasteiger partial charge is 0.130 e. The quantitative estimate of drug-likeness (QED) is 0.869. The van der Waals surface area contributed by atoms with Gasteiger partial charge in [-0.05, 0) is 49.2 Å². The second-order valence-corrected chi connectivity index (χ2v) is 4.05. The third-order valence-corrected chi connectivity index (χ3v) is 2.65. The van der Waals surface area contributed by atoms with E-state index in [9.17, 15) is 0 Å². The van der Waals surface area contributed by atoms with E-state index in [-0.39, 0.29) is 0 Å². The molecule has 0 spiro atoms. The summed E-state index contributed by atoms with van der Waals surface area (Å²) in [5, 5.41) is 0. The Hall–Kier alpha value is -1.80. The van der Waals surface area contributed by atoms with Crippen molar-refractivity contribution in [2.45, 2.75) is 13.3 Å². The van der Waals surface area contributed by atoms with Gasteiger partial charge in [-0.15, -0.1) is 0 Å². The van der Waals surface area contributed by atoms with Gasteiger partial charge in [0.25, 0.3) is 0 Å². The zero-order valence-electron chi connectivity index (χ0n) is 10.0. The molecular formula is C15H17NO. The lowest BCUT2D eigenvalue weighted by molar-refractivity contribution is 0.478. The third kappa shape index (κ3) is 3.08. The Labute approximate surface area is 102 Å². The minimum atomic E-state index is 0.661. The summed E-state index contributed by atoms with van der Waals surface area (Å²) in [4.78, 5) is 0. The molecule has 17 heavy (non-hydrogen) atoms. The van der Waals surface area contributed by atoms with Gasteiger partial charge in [0, 0.05) is 0 Å². The average Bonchev–Trinajstić information content (AvgIpc) is 2.33. The fraction of sp³-hybridized carbons (Fsp3) is 0.200. The van der Waals surface area contributed by atoms with E-state index < -0.39 is 0 Å². The average molecular weight is 227 g/mol. The summed E-state index contributed by atoms with van der Waals surface area (Å²) in [6.45, 7) is 2.70. The number of rotatable bonds is 4. The molecule has 0 heterocycles. The maximum absolute atomic E-state index is 5.86. The van der Waals surface area contributed by atoms with Crippen molar-refractivity contribution >= 4 is 0 Å². The second-order valence-electron chi connectivity index (χ2n) is 4.05. The fourth-order valence-corrected chi connectivity index (χ4v) is 1.73. The molecule has 0 unspecified atom stereocenters. The van der Waals surface area contributed by atoms with Crippen molar-refractivity contribution < 1.29 is 4.74 Å². The highest BCUT2D eigenvalue weighted by molar-refractivity contribution is 5.38. The van der Waals surface area contributed by atoms with Gasteiger partial charge >= 0.3 is 0 Å². The van der Waals surface area contributed by atoms with E-state index in [0.29, 0.717) is 6.54 Å². The van der Waals surface area contributed by atoms with Crippen LogP contribution >= 0.6 is 0 Å². The van der Waals surface area contributed by atoms with Crippen molar-refractivity contribution in [1.82, 2.24) is 0 Å². The van der Waals surface area contributed by atoms with Crippen LogP contribution in [0.15, 0.2) is 48.5 Å². The Morgan fingerprint density at radius 1 is 1.06 bits per heavy atom. The molecule has 0 fully saturated rings. The monoisotopic (exact) mass is 227 g/mol. The van der Waals surface area contributed by atoms with Crippen molar-refractivity contribution in [3.63, 3.8) is 0 Å². The molecular weight excluding hydrogens is 210 g/mol. The van der Waals surface area contributed by atoms with E-state index in [0.717, 1.165) is 23.5 Å². The lowest BCUT2D eigenvalue weighted by Gasteiger charge is -2.09. The molecule has 88 valence electrons. The number of aryl methyl sites for hydroxylation is 1. The molecule has 2 aromatic rings. The van der Waals surface area contributed by atoms with Crippen LogP contribution < -0.4 is 10.5 Å². The van der Waals surface area contributed by atoms with E-state index in [2.05, 4.69) is 6.07 Å². The maximum Gasteiger partial charge on any atom is 0.130 e. The largest absolute Gasteiger partial charge is 0.457 e. The van der Waals surface area contributed by atoms with Crippen LogP contribution in [-0.2, 0) is 6.42 Å². The van der Waals surface area contributed by atoms with Crippen LogP contribution in [0.4, 0.5) is 0 Å². The molecule has 0 amide bonds. The van der Waals surface area contributed by atoms with Gasteiger partial charge in [0.05, 0.1) is 0 Å². The van der Waals surface area contributed by atoms with E-state index >= 15 is 0 Å². The van der Waals surface area contributed by atoms with Crippen LogP contribution in [0.3, 0.4) is 0 Å². The summed E-state index contributed by atoms with van der Waals surface area (Å²) in [6, 6.07) is 16.1. The van der Waals surface area contributed by atoms with E-state index in [1.807, 2.05) is 49.4 Å². The first-order valence-corrected chi connectivity index (χ1v) is 5.82. The summed E-state index contributed by atoms with van der Waals surface area (Å²) in [7, 11) is 0. The molecule has 2 aromatic carbocycles. The first kappa shape index (κ1) is 11.7. The highest BCUT2D eigenvalue weighted by Crippen LogP contribution is 2.25. The second kappa shape index (κ2) is 5.51. The molecule has 0 saturated heterocycles. The number of para-hydroxylation sites is 1. The molecule has 2 rings (SSSR count). The molecule has 0 aliphatic heterocycles. The van der Waals surface area contributed by atoms with Gasteiger partial charge in [-0.2, -0.15) is 0 Å². The molecule has 0 aliphatic carbocycles. The standard InChI is InChI=1S/C15H17NO/c1-12-5-2-3-8-15(12)17-14-7-4-6-13(11-14)9-10-16/h2-8,11H,9-10,16H2,1H3. The van der Waals surface area contributed by atoms with Gasteiger partial charge in [0.2, 0.25) is 0 Å². The molecule has 0 aromatic heterocycles. The number of nitrogens with two attached hydrogens (primary N) is 1. The molecule has 2 N–H and O–H groups in total. The predicted molar refractivity (Wildman–Crippen MR) is 70.5 cm³/mol. The minimum Gasteiger partial charge on any atom is -0.457 e. The Morgan fingerprint density at radius 3 is 2.65 bits per heavy atom. The molecule has 0 bridgehead atoms. The highest BCUT2D eigenvalue weighted by atomic mass is 16.5. The number of benzene rings is 2. The van der Waals surface area contributed by atoms with Crippen molar-refractivity contribution in [3.05, 3.63) is 59.7 Å². The lowest BCUT2D eigenvalue weighted by Crippen LogP contribution is -2.02. The van der Waals surface area contributed by atoms with Crippen LogP contribution in [0.5, 0.6) is 11.5 Å². The normalized spacial score (nSPS) is 10.2. The van der Waals surface area contributed by atoms with Gasteiger partial charge in [-0.3, -0.25) is 0 Å². The summed E-state index contributed by atoms with van der Waals surface area (Å²) in [6.07, 6.45) is 0.880. The lowest BCUT2D eigenvalue weighted by atomic mass is 10.1. The summed E-state index contributed by atoms with van der Waals surface area (Å²) in [5.74, 6) is 1.77. The first-order chi connectivity index (χ1) is 8.29. The molecule has 2 nitrogen and oxygen atoms in total. The van der Waals surface area contributed by atoms with Crippen LogP contribution in [0.1, 0.15) is 11.1 Å². The van der Waals surface area contributed by atoms with Crippen LogP contribution in [0.2, 0.25) is 0 Å². The summed E-state index contributed by atoms with van der Waals surface area (Å²) < 4.78 is 5.86. The SMILES string of the molecule is Cc1ccccc1Oc1cccc(CCN)c1. The number of ether oxygens (including phenoxy) is 1. The topological polar surface area (TPSA) is 35.2 Å². The van der Waals surface area contributed by atoms with Gasteiger partial charge in [-0.1, -0.05) is 30.3 Å².